The Morgan fingerprint density at radius 3 is 2.27 bits per heavy atom. The predicted molar refractivity (Wildman–Crippen MR) is 82.0 cm³/mol. The SMILES string of the molecule is O=C1C2=C(C(=O)c3c1c(O)cc1ccccc31)[C@H]1C=C[C@@H]2C1. The largest absolute Gasteiger partial charge is 0.507 e. The molecule has 3 nitrogen and oxygen atoms in total. The molecule has 2 bridgehead atoms. The Morgan fingerprint density at radius 2 is 1.55 bits per heavy atom. The molecule has 0 aromatic heterocycles. The fourth-order valence-corrected chi connectivity index (χ4v) is 4.18. The Hall–Kier alpha value is -2.68. The van der Waals surface area contributed by atoms with Gasteiger partial charge < -0.3 is 5.11 Å². The van der Waals surface area contributed by atoms with Gasteiger partial charge in [-0.1, -0.05) is 36.4 Å². The lowest BCUT2D eigenvalue weighted by atomic mass is 9.77. The lowest BCUT2D eigenvalue weighted by molar-refractivity contribution is 0.0968. The first-order valence-electron chi connectivity index (χ1n) is 7.43. The van der Waals surface area contributed by atoms with Crippen molar-refractivity contribution in [2.75, 3.05) is 0 Å². The number of hydrogen-bond donors (Lipinski definition) is 1. The maximum Gasteiger partial charge on any atom is 0.194 e. The molecule has 2 aromatic rings. The van der Waals surface area contributed by atoms with E-state index < -0.39 is 0 Å². The molecule has 106 valence electrons. The van der Waals surface area contributed by atoms with E-state index >= 15 is 0 Å². The van der Waals surface area contributed by atoms with E-state index in [9.17, 15) is 14.7 Å². The summed E-state index contributed by atoms with van der Waals surface area (Å²) in [7, 11) is 0. The molecule has 1 N–H and O–H groups in total. The summed E-state index contributed by atoms with van der Waals surface area (Å²) in [5, 5.41) is 11.8. The first-order chi connectivity index (χ1) is 10.7. The summed E-state index contributed by atoms with van der Waals surface area (Å²) < 4.78 is 0. The van der Waals surface area contributed by atoms with Crippen molar-refractivity contribution in [3.8, 4) is 5.75 Å². The van der Waals surface area contributed by atoms with Crippen LogP contribution in [0.25, 0.3) is 10.8 Å². The Morgan fingerprint density at radius 1 is 0.909 bits per heavy atom. The van der Waals surface area contributed by atoms with Crippen molar-refractivity contribution in [2.24, 2.45) is 11.8 Å². The van der Waals surface area contributed by atoms with Gasteiger partial charge in [-0.25, -0.2) is 0 Å². The summed E-state index contributed by atoms with van der Waals surface area (Å²) in [6.45, 7) is 0. The normalized spacial score (nSPS) is 25.1. The van der Waals surface area contributed by atoms with Gasteiger partial charge in [-0.2, -0.15) is 0 Å². The van der Waals surface area contributed by atoms with Crippen molar-refractivity contribution >= 4 is 22.3 Å². The fourth-order valence-electron chi connectivity index (χ4n) is 4.18. The van der Waals surface area contributed by atoms with E-state index in [4.69, 9.17) is 0 Å². The molecule has 3 heteroatoms. The average Bonchev–Trinajstić information content (AvgIpc) is 3.13. The molecule has 0 radical (unpaired) electrons. The third-order valence-electron chi connectivity index (χ3n) is 5.09. The number of ketones is 2. The number of fused-ring (bicyclic) bond motifs is 7. The van der Waals surface area contributed by atoms with Crippen molar-refractivity contribution in [1.29, 1.82) is 0 Å². The highest BCUT2D eigenvalue weighted by atomic mass is 16.3. The molecule has 22 heavy (non-hydrogen) atoms. The van der Waals surface area contributed by atoms with Crippen LogP contribution in [0, 0.1) is 11.8 Å². The highest BCUT2D eigenvalue weighted by Crippen LogP contribution is 2.50. The summed E-state index contributed by atoms with van der Waals surface area (Å²) in [5.41, 5.74) is 1.82. The zero-order valence-corrected chi connectivity index (χ0v) is 11.7. The van der Waals surface area contributed by atoms with Gasteiger partial charge in [0.05, 0.1) is 5.56 Å². The second-order valence-electron chi connectivity index (χ2n) is 6.19. The summed E-state index contributed by atoms with van der Waals surface area (Å²) in [5.74, 6) is -0.259. The molecule has 0 saturated carbocycles. The molecule has 0 unspecified atom stereocenters. The Bertz CT molecular complexity index is 962. The summed E-state index contributed by atoms with van der Waals surface area (Å²) in [4.78, 5) is 25.9. The second kappa shape index (κ2) is 3.74. The number of phenols is 1. The minimum atomic E-state index is -0.176. The van der Waals surface area contributed by atoms with Crippen LogP contribution in [0.5, 0.6) is 5.75 Å². The van der Waals surface area contributed by atoms with Gasteiger partial charge in [0.2, 0.25) is 0 Å². The number of Topliss-reactive ketones (excluding diaryl/α,β-unsaturated/α-hetero) is 2. The molecule has 2 aromatic carbocycles. The van der Waals surface area contributed by atoms with E-state index in [0.29, 0.717) is 16.7 Å². The average molecular weight is 288 g/mol. The first-order valence-corrected chi connectivity index (χ1v) is 7.43. The van der Waals surface area contributed by atoms with Gasteiger partial charge in [0.1, 0.15) is 5.75 Å². The topological polar surface area (TPSA) is 54.4 Å². The highest BCUT2D eigenvalue weighted by Gasteiger charge is 2.47. The Kier molecular flexibility index (Phi) is 2.03. The third kappa shape index (κ3) is 1.23. The highest BCUT2D eigenvalue weighted by molar-refractivity contribution is 6.32. The molecular formula is C19H12O3. The van der Waals surface area contributed by atoms with E-state index in [1.165, 1.54) is 0 Å². The third-order valence-corrected chi connectivity index (χ3v) is 5.09. The van der Waals surface area contributed by atoms with Crippen molar-refractivity contribution in [2.45, 2.75) is 6.42 Å². The van der Waals surface area contributed by atoms with Gasteiger partial charge >= 0.3 is 0 Å². The molecule has 2 atom stereocenters. The molecule has 5 rings (SSSR count). The molecular weight excluding hydrogens is 276 g/mol. The van der Waals surface area contributed by atoms with Crippen LogP contribution in [0.2, 0.25) is 0 Å². The van der Waals surface area contributed by atoms with E-state index in [-0.39, 0.29) is 34.7 Å². The van der Waals surface area contributed by atoms with Gasteiger partial charge in [-0.3, -0.25) is 9.59 Å². The quantitative estimate of drug-likeness (QED) is 0.756. The number of phenolic OH excluding ortho intramolecular Hbond substituents is 1. The maximum absolute atomic E-state index is 13.0. The lowest BCUT2D eigenvalue weighted by Crippen LogP contribution is -2.24. The number of aromatic hydroxyl groups is 1. The predicted octanol–water partition coefficient (Wildman–Crippen LogP) is 3.43. The first kappa shape index (κ1) is 11.9. The maximum atomic E-state index is 13.0. The molecule has 3 aliphatic rings. The standard InChI is InChI=1S/C19H12O3/c20-13-8-9-3-1-2-4-12(9)16-17(13)19(22)15-11-6-5-10(7-11)14(15)18(16)21/h1-6,8,10-11,20H,7H2/t10-,11+/m0/s1. The second-order valence-corrected chi connectivity index (χ2v) is 6.19. The number of allylic oxidation sites excluding steroid dienone is 4. The minimum Gasteiger partial charge on any atom is -0.507 e. The number of carbonyl (C=O) groups excluding carboxylic acids is 2. The molecule has 0 amide bonds. The van der Waals surface area contributed by atoms with E-state index in [0.717, 1.165) is 17.2 Å². The van der Waals surface area contributed by atoms with Gasteiger partial charge in [-0.05, 0) is 23.3 Å². The zero-order chi connectivity index (χ0) is 15.0. The molecule has 0 saturated heterocycles. The van der Waals surface area contributed by atoms with E-state index in [1.54, 1.807) is 6.07 Å². The Balaban J connectivity index is 1.89. The molecule has 0 spiro atoms. The van der Waals surface area contributed by atoms with Gasteiger partial charge in [0.15, 0.2) is 11.6 Å². The number of hydrogen-bond acceptors (Lipinski definition) is 3. The molecule has 3 aliphatic carbocycles. The van der Waals surface area contributed by atoms with Gasteiger partial charge in [0.25, 0.3) is 0 Å². The van der Waals surface area contributed by atoms with Crippen LogP contribution in [-0.2, 0) is 0 Å². The fraction of sp³-hybridized carbons (Fsp3) is 0.158. The van der Waals surface area contributed by atoms with Crippen LogP contribution < -0.4 is 0 Å². The number of rotatable bonds is 0. The van der Waals surface area contributed by atoms with Crippen LogP contribution >= 0.6 is 0 Å². The Labute approximate surface area is 126 Å². The molecule has 0 fully saturated rings. The van der Waals surface area contributed by atoms with Crippen LogP contribution in [0.4, 0.5) is 0 Å². The molecule has 0 heterocycles. The summed E-state index contributed by atoms with van der Waals surface area (Å²) >= 11 is 0. The summed E-state index contributed by atoms with van der Waals surface area (Å²) in [6, 6.07) is 8.97. The van der Waals surface area contributed by atoms with Crippen LogP contribution in [0.1, 0.15) is 27.1 Å². The van der Waals surface area contributed by atoms with E-state index in [1.807, 2.05) is 36.4 Å². The smallest absolute Gasteiger partial charge is 0.194 e. The van der Waals surface area contributed by atoms with Crippen molar-refractivity contribution in [3.05, 3.63) is 64.8 Å². The molecule has 0 aliphatic heterocycles. The van der Waals surface area contributed by atoms with Crippen LogP contribution in [-0.4, -0.2) is 16.7 Å². The van der Waals surface area contributed by atoms with Crippen molar-refractivity contribution in [3.63, 3.8) is 0 Å². The van der Waals surface area contributed by atoms with Gasteiger partial charge in [0, 0.05) is 28.5 Å². The van der Waals surface area contributed by atoms with Gasteiger partial charge in [-0.15, -0.1) is 0 Å². The van der Waals surface area contributed by atoms with Crippen LogP contribution in [0.15, 0.2) is 53.6 Å². The van der Waals surface area contributed by atoms with Crippen molar-refractivity contribution in [1.82, 2.24) is 0 Å². The number of carbonyl (C=O) groups is 2. The zero-order valence-electron chi connectivity index (χ0n) is 11.7. The van der Waals surface area contributed by atoms with E-state index in [2.05, 4.69) is 0 Å². The minimum absolute atomic E-state index is 0.0375. The monoisotopic (exact) mass is 288 g/mol. The van der Waals surface area contributed by atoms with Crippen molar-refractivity contribution < 1.29 is 14.7 Å². The number of benzene rings is 2. The summed E-state index contributed by atoms with van der Waals surface area (Å²) in [6.07, 6.45) is 4.86. The lowest BCUT2D eigenvalue weighted by Gasteiger charge is -2.23. The van der Waals surface area contributed by atoms with Crippen LogP contribution in [0.3, 0.4) is 0 Å².